The quantitative estimate of drug-likeness (QED) is 0.573. The number of nitrogens with zero attached hydrogens (tertiary/aromatic N) is 2. The van der Waals surface area contributed by atoms with Crippen molar-refractivity contribution in [3.63, 3.8) is 0 Å². The molecule has 0 bridgehead atoms. The predicted octanol–water partition coefficient (Wildman–Crippen LogP) is 5.30. The number of alkyl halides is 3. The van der Waals surface area contributed by atoms with Gasteiger partial charge in [-0.25, -0.2) is 4.98 Å². The van der Waals surface area contributed by atoms with Gasteiger partial charge in [-0.15, -0.1) is 11.3 Å². The zero-order valence-electron chi connectivity index (χ0n) is 17.8. The van der Waals surface area contributed by atoms with Crippen LogP contribution in [0.4, 0.5) is 13.2 Å². The molecule has 8 heteroatoms. The van der Waals surface area contributed by atoms with E-state index in [0.717, 1.165) is 41.8 Å². The van der Waals surface area contributed by atoms with Crippen LogP contribution in [0.25, 0.3) is 10.2 Å². The van der Waals surface area contributed by atoms with Crippen molar-refractivity contribution in [1.82, 2.24) is 14.9 Å². The highest BCUT2D eigenvalue weighted by atomic mass is 32.1. The molecule has 2 aromatic heterocycles. The maximum absolute atomic E-state index is 13.2. The molecule has 32 heavy (non-hydrogen) atoms. The SMILES string of the molecule is O=c1c2c3c(sc2ncn1Cc1cccc(C(F)(F)F)c1)C[C@H](NC1CCCCC1)CC3. The Kier molecular flexibility index (Phi) is 5.84. The van der Waals surface area contributed by atoms with Crippen LogP contribution >= 0.6 is 11.3 Å². The molecule has 0 spiro atoms. The first kappa shape index (κ1) is 21.6. The van der Waals surface area contributed by atoms with Gasteiger partial charge in [0, 0.05) is 17.0 Å². The number of aromatic nitrogens is 2. The van der Waals surface area contributed by atoms with E-state index in [4.69, 9.17) is 0 Å². The number of benzene rings is 1. The van der Waals surface area contributed by atoms with E-state index in [1.54, 1.807) is 17.4 Å². The molecule has 0 amide bonds. The summed E-state index contributed by atoms with van der Waals surface area (Å²) in [5.41, 5.74) is 0.650. The molecule has 5 rings (SSSR count). The zero-order valence-corrected chi connectivity index (χ0v) is 18.6. The van der Waals surface area contributed by atoms with Gasteiger partial charge >= 0.3 is 6.18 Å². The van der Waals surface area contributed by atoms with E-state index in [0.29, 0.717) is 23.0 Å². The van der Waals surface area contributed by atoms with Gasteiger partial charge in [-0.3, -0.25) is 9.36 Å². The Morgan fingerprint density at radius 3 is 2.72 bits per heavy atom. The number of halogens is 3. The average molecular weight is 462 g/mol. The summed E-state index contributed by atoms with van der Waals surface area (Å²) in [5.74, 6) is 0. The molecule has 1 atom stereocenters. The minimum atomic E-state index is -4.40. The van der Waals surface area contributed by atoms with Crippen molar-refractivity contribution in [2.75, 3.05) is 0 Å². The Morgan fingerprint density at radius 1 is 1.12 bits per heavy atom. The van der Waals surface area contributed by atoms with E-state index < -0.39 is 11.7 Å². The predicted molar refractivity (Wildman–Crippen MR) is 120 cm³/mol. The molecule has 0 aliphatic heterocycles. The van der Waals surface area contributed by atoms with Crippen LogP contribution in [-0.4, -0.2) is 21.6 Å². The second-order valence-corrected chi connectivity index (χ2v) is 10.1. The number of hydrogen-bond acceptors (Lipinski definition) is 4. The van der Waals surface area contributed by atoms with Gasteiger partial charge in [0.05, 0.1) is 23.8 Å². The minimum Gasteiger partial charge on any atom is -0.311 e. The Bertz CT molecular complexity index is 1180. The average Bonchev–Trinajstić information content (AvgIpc) is 3.14. The van der Waals surface area contributed by atoms with Crippen LogP contribution in [0, 0.1) is 0 Å². The molecular formula is C24H26F3N3OS. The van der Waals surface area contributed by atoms with Crippen molar-refractivity contribution in [3.8, 4) is 0 Å². The van der Waals surface area contributed by atoms with Crippen LogP contribution in [0.1, 0.15) is 60.1 Å². The first-order valence-electron chi connectivity index (χ1n) is 11.3. The van der Waals surface area contributed by atoms with E-state index in [2.05, 4.69) is 10.3 Å². The maximum atomic E-state index is 13.2. The molecule has 0 unspecified atom stereocenters. The lowest BCUT2D eigenvalue weighted by Crippen LogP contribution is -2.42. The van der Waals surface area contributed by atoms with Gasteiger partial charge in [0.15, 0.2) is 0 Å². The van der Waals surface area contributed by atoms with Gasteiger partial charge in [0.25, 0.3) is 5.56 Å². The number of thiophene rings is 1. The molecule has 3 aromatic rings. The molecule has 170 valence electrons. The highest BCUT2D eigenvalue weighted by molar-refractivity contribution is 7.18. The Balaban J connectivity index is 1.39. The minimum absolute atomic E-state index is 0.0716. The summed E-state index contributed by atoms with van der Waals surface area (Å²) in [6.45, 7) is 0.0716. The van der Waals surface area contributed by atoms with Crippen LogP contribution < -0.4 is 10.9 Å². The Morgan fingerprint density at radius 2 is 1.94 bits per heavy atom. The Labute approximate surface area is 188 Å². The second-order valence-electron chi connectivity index (χ2n) is 9.00. The molecule has 0 radical (unpaired) electrons. The molecule has 4 nitrogen and oxygen atoms in total. The summed E-state index contributed by atoms with van der Waals surface area (Å²) in [6.07, 6.45) is 6.24. The lowest BCUT2D eigenvalue weighted by molar-refractivity contribution is -0.137. The van der Waals surface area contributed by atoms with E-state index >= 15 is 0 Å². The molecule has 2 aliphatic rings. The third-order valence-electron chi connectivity index (χ3n) is 6.72. The van der Waals surface area contributed by atoms with Crippen molar-refractivity contribution < 1.29 is 13.2 Å². The maximum Gasteiger partial charge on any atom is 0.416 e. The van der Waals surface area contributed by atoms with Gasteiger partial charge < -0.3 is 5.32 Å². The van der Waals surface area contributed by atoms with Crippen LogP contribution in [0.15, 0.2) is 35.4 Å². The summed E-state index contributed by atoms with van der Waals surface area (Å²) in [5, 5.41) is 4.48. The lowest BCUT2D eigenvalue weighted by Gasteiger charge is -2.30. The molecule has 0 saturated heterocycles. The van der Waals surface area contributed by atoms with Gasteiger partial charge in [0.2, 0.25) is 0 Å². The van der Waals surface area contributed by atoms with Crippen molar-refractivity contribution in [3.05, 3.63) is 62.5 Å². The Hall–Kier alpha value is -2.19. The summed E-state index contributed by atoms with van der Waals surface area (Å²) in [6, 6.07) is 6.16. The molecular weight excluding hydrogens is 435 g/mol. The van der Waals surface area contributed by atoms with Crippen molar-refractivity contribution in [1.29, 1.82) is 0 Å². The van der Waals surface area contributed by atoms with Gasteiger partial charge in [-0.05, 0) is 55.4 Å². The van der Waals surface area contributed by atoms with Gasteiger partial charge in [-0.2, -0.15) is 13.2 Å². The number of hydrogen-bond donors (Lipinski definition) is 1. The van der Waals surface area contributed by atoms with Crippen LogP contribution in [0.3, 0.4) is 0 Å². The van der Waals surface area contributed by atoms with Crippen LogP contribution in [-0.2, 0) is 25.6 Å². The highest BCUT2D eigenvalue weighted by Gasteiger charge is 2.30. The second kappa shape index (κ2) is 8.63. The number of rotatable bonds is 4. The molecule has 2 heterocycles. The summed E-state index contributed by atoms with van der Waals surface area (Å²) >= 11 is 1.59. The van der Waals surface area contributed by atoms with Gasteiger partial charge in [0.1, 0.15) is 4.83 Å². The number of fused-ring (bicyclic) bond motifs is 3. The smallest absolute Gasteiger partial charge is 0.311 e. The highest BCUT2D eigenvalue weighted by Crippen LogP contribution is 2.34. The molecule has 1 fully saturated rings. The zero-order chi connectivity index (χ0) is 22.3. The standard InChI is InChI=1S/C24H26F3N3OS/c25-24(26,27)16-6-4-5-15(11-16)13-30-14-28-22-21(23(30)31)19-10-9-18(12-20(19)32-22)29-17-7-2-1-3-8-17/h4-6,11,14,17-18,29H,1-3,7-10,12-13H2/t18-/m1/s1. The fourth-order valence-electron chi connectivity index (χ4n) is 5.10. The largest absolute Gasteiger partial charge is 0.416 e. The van der Waals surface area contributed by atoms with E-state index in [1.807, 2.05) is 0 Å². The topological polar surface area (TPSA) is 46.9 Å². The fourth-order valence-corrected chi connectivity index (χ4v) is 6.36. The monoisotopic (exact) mass is 461 g/mol. The molecule has 2 aliphatic carbocycles. The van der Waals surface area contributed by atoms with E-state index in [-0.39, 0.29) is 12.1 Å². The van der Waals surface area contributed by atoms with Crippen LogP contribution in [0.5, 0.6) is 0 Å². The number of aryl methyl sites for hydroxylation is 1. The molecule has 1 saturated carbocycles. The van der Waals surface area contributed by atoms with E-state index in [9.17, 15) is 18.0 Å². The first-order chi connectivity index (χ1) is 15.4. The lowest BCUT2D eigenvalue weighted by atomic mass is 9.90. The van der Waals surface area contributed by atoms with Crippen molar-refractivity contribution >= 4 is 21.6 Å². The fraction of sp³-hybridized carbons (Fsp3) is 0.500. The summed E-state index contributed by atoms with van der Waals surface area (Å²) in [4.78, 5) is 19.7. The van der Waals surface area contributed by atoms with Crippen molar-refractivity contribution in [2.45, 2.75) is 76.2 Å². The summed E-state index contributed by atoms with van der Waals surface area (Å²) in [7, 11) is 0. The van der Waals surface area contributed by atoms with Gasteiger partial charge in [-0.1, -0.05) is 31.4 Å². The van der Waals surface area contributed by atoms with Crippen molar-refractivity contribution in [2.24, 2.45) is 0 Å². The molecule has 1 N–H and O–H groups in total. The third-order valence-corrected chi connectivity index (χ3v) is 7.88. The normalized spacial score (nSPS) is 19.9. The first-order valence-corrected chi connectivity index (χ1v) is 12.1. The van der Waals surface area contributed by atoms with E-state index in [1.165, 1.54) is 53.9 Å². The number of nitrogens with one attached hydrogen (secondary N) is 1. The summed E-state index contributed by atoms with van der Waals surface area (Å²) < 4.78 is 40.5. The third kappa shape index (κ3) is 4.35. The van der Waals surface area contributed by atoms with Crippen LogP contribution in [0.2, 0.25) is 0 Å². The molecule has 1 aromatic carbocycles.